The van der Waals surface area contributed by atoms with Crippen LogP contribution in [0.5, 0.6) is 5.75 Å². The number of hydrogen-bond acceptors (Lipinski definition) is 4. The van der Waals surface area contributed by atoms with Crippen molar-refractivity contribution in [3.8, 4) is 5.75 Å². The van der Waals surface area contributed by atoms with E-state index in [2.05, 4.69) is 31.9 Å². The van der Waals surface area contributed by atoms with E-state index in [1.165, 1.54) is 6.08 Å². The van der Waals surface area contributed by atoms with Crippen LogP contribution in [0.25, 0.3) is 6.08 Å². The number of carbonyl (C=O) groups excluding carboxylic acids is 1. The highest BCUT2D eigenvalue weighted by molar-refractivity contribution is 9.11. The Kier molecular flexibility index (Phi) is 5.68. The standard InChI is InChI=1S/C16H11Br2NO4/c1-10-2-4-11(5-3-10)16(20)23-15-12(6-7-19(21)22)8-13(17)9-14(15)18/h2-9H,1H3. The molecule has 2 aromatic rings. The number of benzene rings is 2. The summed E-state index contributed by atoms with van der Waals surface area (Å²) in [6.07, 6.45) is 2.06. The molecule has 0 amide bonds. The van der Waals surface area contributed by atoms with Gasteiger partial charge in [0.2, 0.25) is 6.20 Å². The van der Waals surface area contributed by atoms with E-state index in [1.807, 2.05) is 6.92 Å². The zero-order valence-electron chi connectivity index (χ0n) is 12.0. The number of ether oxygens (including phenoxy) is 1. The van der Waals surface area contributed by atoms with Crippen LogP contribution in [0.2, 0.25) is 0 Å². The molecule has 0 atom stereocenters. The van der Waals surface area contributed by atoms with E-state index < -0.39 is 10.9 Å². The Labute approximate surface area is 149 Å². The summed E-state index contributed by atoms with van der Waals surface area (Å²) < 4.78 is 6.62. The van der Waals surface area contributed by atoms with Gasteiger partial charge in [0.25, 0.3) is 0 Å². The topological polar surface area (TPSA) is 69.4 Å². The van der Waals surface area contributed by atoms with Crippen LogP contribution in [0.1, 0.15) is 21.5 Å². The molecule has 2 rings (SSSR count). The quantitative estimate of drug-likeness (QED) is 0.290. The molecule has 2 aromatic carbocycles. The number of halogens is 2. The van der Waals surface area contributed by atoms with Gasteiger partial charge in [-0.3, -0.25) is 10.1 Å². The van der Waals surface area contributed by atoms with Crippen LogP contribution in [0.4, 0.5) is 0 Å². The van der Waals surface area contributed by atoms with Gasteiger partial charge in [0.05, 0.1) is 15.0 Å². The third kappa shape index (κ3) is 4.74. The molecule has 0 aliphatic carbocycles. The number of nitrogens with zero attached hydrogens (tertiary/aromatic N) is 1. The fraction of sp³-hybridized carbons (Fsp3) is 0.0625. The Bertz CT molecular complexity index is 785. The second kappa shape index (κ2) is 7.52. The summed E-state index contributed by atoms with van der Waals surface area (Å²) in [6, 6.07) is 10.3. The molecule has 0 fully saturated rings. The molecular formula is C16H11Br2NO4. The molecule has 0 N–H and O–H groups in total. The van der Waals surface area contributed by atoms with Crippen molar-refractivity contribution in [2.75, 3.05) is 0 Å². The molecular weight excluding hydrogens is 430 g/mol. The summed E-state index contributed by atoms with van der Waals surface area (Å²) in [5, 5.41) is 10.5. The van der Waals surface area contributed by atoms with Gasteiger partial charge in [-0.25, -0.2) is 4.79 Å². The Morgan fingerprint density at radius 1 is 1.22 bits per heavy atom. The highest BCUT2D eigenvalue weighted by atomic mass is 79.9. The molecule has 0 saturated heterocycles. The Hall–Kier alpha value is -1.99. The highest BCUT2D eigenvalue weighted by Gasteiger charge is 2.15. The van der Waals surface area contributed by atoms with Crippen molar-refractivity contribution in [2.45, 2.75) is 6.92 Å². The van der Waals surface area contributed by atoms with Gasteiger partial charge in [-0.1, -0.05) is 33.6 Å². The monoisotopic (exact) mass is 439 g/mol. The average molecular weight is 441 g/mol. The molecule has 0 saturated carbocycles. The van der Waals surface area contributed by atoms with Crippen LogP contribution in [0, 0.1) is 17.0 Å². The first-order chi connectivity index (χ1) is 10.9. The maximum atomic E-state index is 12.2. The van der Waals surface area contributed by atoms with Gasteiger partial charge in [-0.15, -0.1) is 0 Å². The van der Waals surface area contributed by atoms with Crippen molar-refractivity contribution in [1.82, 2.24) is 0 Å². The second-order valence-corrected chi connectivity index (χ2v) is 6.43. The Balaban J connectivity index is 2.36. The van der Waals surface area contributed by atoms with Crippen LogP contribution in [0.3, 0.4) is 0 Å². The van der Waals surface area contributed by atoms with Crippen LogP contribution >= 0.6 is 31.9 Å². The Morgan fingerprint density at radius 3 is 2.48 bits per heavy atom. The van der Waals surface area contributed by atoms with Gasteiger partial charge >= 0.3 is 5.97 Å². The summed E-state index contributed by atoms with van der Waals surface area (Å²) in [6.45, 7) is 1.92. The van der Waals surface area contributed by atoms with E-state index in [9.17, 15) is 14.9 Å². The summed E-state index contributed by atoms with van der Waals surface area (Å²) in [4.78, 5) is 22.2. The van der Waals surface area contributed by atoms with E-state index in [0.29, 0.717) is 20.1 Å². The minimum absolute atomic E-state index is 0.219. The summed E-state index contributed by atoms with van der Waals surface area (Å²) in [5.41, 5.74) is 1.83. The molecule has 0 unspecified atom stereocenters. The van der Waals surface area contributed by atoms with Gasteiger partial charge in [0, 0.05) is 16.1 Å². The van der Waals surface area contributed by atoms with Crippen LogP contribution in [0.15, 0.2) is 51.5 Å². The largest absolute Gasteiger partial charge is 0.421 e. The minimum atomic E-state index is -0.583. The van der Waals surface area contributed by atoms with Crippen molar-refractivity contribution in [1.29, 1.82) is 0 Å². The number of carbonyl (C=O) groups is 1. The molecule has 0 spiro atoms. The highest BCUT2D eigenvalue weighted by Crippen LogP contribution is 2.34. The summed E-state index contributed by atoms with van der Waals surface area (Å²) >= 11 is 6.61. The molecule has 118 valence electrons. The third-order valence-electron chi connectivity index (χ3n) is 2.89. The van der Waals surface area contributed by atoms with Gasteiger partial charge in [0.15, 0.2) is 5.75 Å². The number of hydrogen-bond donors (Lipinski definition) is 0. The third-order valence-corrected chi connectivity index (χ3v) is 3.94. The first-order valence-corrected chi connectivity index (χ1v) is 8.05. The normalized spacial score (nSPS) is 10.7. The lowest BCUT2D eigenvalue weighted by Crippen LogP contribution is -2.09. The first kappa shape index (κ1) is 17.4. The predicted octanol–water partition coefficient (Wildman–Crippen LogP) is 4.99. The maximum absolute atomic E-state index is 12.2. The fourth-order valence-electron chi connectivity index (χ4n) is 1.79. The average Bonchev–Trinajstić information content (AvgIpc) is 2.48. The zero-order valence-corrected chi connectivity index (χ0v) is 15.1. The Morgan fingerprint density at radius 2 is 1.87 bits per heavy atom. The maximum Gasteiger partial charge on any atom is 0.343 e. The number of esters is 1. The van der Waals surface area contributed by atoms with Crippen molar-refractivity contribution >= 4 is 43.9 Å². The first-order valence-electron chi connectivity index (χ1n) is 6.46. The number of nitro groups is 1. The van der Waals surface area contributed by atoms with E-state index in [0.717, 1.165) is 11.8 Å². The SMILES string of the molecule is Cc1ccc(C(=O)Oc2c(Br)cc(Br)cc2C=C[N+](=O)[O-])cc1. The minimum Gasteiger partial charge on any atom is -0.421 e. The van der Waals surface area contributed by atoms with Crippen LogP contribution < -0.4 is 4.74 Å². The van der Waals surface area contributed by atoms with Crippen LogP contribution in [-0.2, 0) is 0 Å². The molecule has 0 aromatic heterocycles. The van der Waals surface area contributed by atoms with Gasteiger partial charge < -0.3 is 4.74 Å². The van der Waals surface area contributed by atoms with Gasteiger partial charge in [-0.05, 0) is 47.1 Å². The molecule has 23 heavy (non-hydrogen) atoms. The predicted molar refractivity (Wildman–Crippen MR) is 94.0 cm³/mol. The van der Waals surface area contributed by atoms with E-state index in [1.54, 1.807) is 36.4 Å². The molecule has 0 bridgehead atoms. The summed E-state index contributed by atoms with van der Waals surface area (Å²) in [7, 11) is 0. The smallest absolute Gasteiger partial charge is 0.343 e. The molecule has 0 aliphatic heterocycles. The lowest BCUT2D eigenvalue weighted by Gasteiger charge is -2.10. The lowest BCUT2D eigenvalue weighted by molar-refractivity contribution is -0.400. The van der Waals surface area contributed by atoms with Gasteiger partial charge in [-0.2, -0.15) is 0 Å². The summed E-state index contributed by atoms with van der Waals surface area (Å²) in [5.74, 6) is -0.319. The van der Waals surface area contributed by atoms with Crippen LogP contribution in [-0.4, -0.2) is 10.9 Å². The van der Waals surface area contributed by atoms with Crippen molar-refractivity contribution in [3.63, 3.8) is 0 Å². The molecule has 0 heterocycles. The number of aryl methyl sites for hydroxylation is 1. The molecule has 5 nitrogen and oxygen atoms in total. The van der Waals surface area contributed by atoms with Gasteiger partial charge in [0.1, 0.15) is 0 Å². The van der Waals surface area contributed by atoms with Crippen molar-refractivity contribution < 1.29 is 14.5 Å². The number of rotatable bonds is 4. The van der Waals surface area contributed by atoms with E-state index >= 15 is 0 Å². The molecule has 0 aliphatic rings. The second-order valence-electron chi connectivity index (χ2n) is 4.66. The fourth-order valence-corrected chi connectivity index (χ4v) is 3.13. The molecule has 0 radical (unpaired) electrons. The van der Waals surface area contributed by atoms with E-state index in [4.69, 9.17) is 4.74 Å². The van der Waals surface area contributed by atoms with Crippen molar-refractivity contribution in [2.24, 2.45) is 0 Å². The molecule has 7 heteroatoms. The van der Waals surface area contributed by atoms with E-state index in [-0.39, 0.29) is 5.75 Å². The lowest BCUT2D eigenvalue weighted by atomic mass is 10.1. The van der Waals surface area contributed by atoms with Crippen molar-refractivity contribution in [3.05, 3.63) is 78.3 Å². The zero-order chi connectivity index (χ0) is 17.0.